The van der Waals surface area contributed by atoms with Crippen LogP contribution < -0.4 is 4.90 Å². The Morgan fingerprint density at radius 3 is 2.58 bits per heavy atom. The Morgan fingerprint density at radius 2 is 1.88 bits per heavy atom. The van der Waals surface area contributed by atoms with E-state index in [1.54, 1.807) is 18.2 Å². The molecular formula is C18H12F3N3O2. The van der Waals surface area contributed by atoms with Crippen molar-refractivity contribution in [2.45, 2.75) is 11.9 Å². The van der Waals surface area contributed by atoms with Crippen LogP contribution in [0.3, 0.4) is 0 Å². The third-order valence-electron chi connectivity index (χ3n) is 4.32. The minimum absolute atomic E-state index is 0.0354. The van der Waals surface area contributed by atoms with E-state index in [0.717, 1.165) is 17.0 Å². The van der Waals surface area contributed by atoms with Crippen molar-refractivity contribution in [1.29, 1.82) is 0 Å². The number of hydrogen-bond donors (Lipinski definition) is 2. The first-order chi connectivity index (χ1) is 12.3. The van der Waals surface area contributed by atoms with Crippen molar-refractivity contribution in [3.05, 3.63) is 83.4 Å². The third kappa shape index (κ3) is 2.22. The zero-order chi connectivity index (χ0) is 18.5. The summed E-state index contributed by atoms with van der Waals surface area (Å²) in [5, 5.41) is 11.4. The number of nitrogens with zero attached hydrogens (tertiary/aromatic N) is 2. The highest BCUT2D eigenvalue weighted by Crippen LogP contribution is 2.44. The van der Waals surface area contributed by atoms with Crippen LogP contribution in [-0.2, 0) is 11.9 Å². The van der Waals surface area contributed by atoms with Gasteiger partial charge in [-0.05, 0) is 24.3 Å². The van der Waals surface area contributed by atoms with Crippen molar-refractivity contribution in [2.24, 2.45) is 0 Å². The fourth-order valence-electron chi connectivity index (χ4n) is 3.18. The maximum atomic E-state index is 13.1. The van der Waals surface area contributed by atoms with Gasteiger partial charge in [0.1, 0.15) is 0 Å². The molecule has 132 valence electrons. The van der Waals surface area contributed by atoms with E-state index in [1.165, 1.54) is 30.6 Å². The molecule has 0 fully saturated rings. The number of H-pyrrole nitrogens is 1. The smallest absolute Gasteiger partial charge is 0.360 e. The predicted octanol–water partition coefficient (Wildman–Crippen LogP) is 3.28. The van der Waals surface area contributed by atoms with Crippen molar-refractivity contribution in [3.8, 4) is 0 Å². The van der Waals surface area contributed by atoms with Crippen LogP contribution in [0.25, 0.3) is 0 Å². The molecule has 1 amide bonds. The van der Waals surface area contributed by atoms with Crippen LogP contribution in [0.15, 0.2) is 60.9 Å². The first-order valence-electron chi connectivity index (χ1n) is 7.67. The lowest BCUT2D eigenvalue weighted by molar-refractivity contribution is -0.137. The molecule has 0 aliphatic carbocycles. The van der Waals surface area contributed by atoms with Crippen LogP contribution in [0.4, 0.5) is 18.9 Å². The van der Waals surface area contributed by atoms with Crippen LogP contribution in [0.1, 0.15) is 27.3 Å². The second-order valence-corrected chi connectivity index (χ2v) is 5.84. The molecule has 0 saturated heterocycles. The first kappa shape index (κ1) is 16.3. The normalized spacial score (nSPS) is 19.7. The standard InChI is InChI=1S/C18H12F3N3O2/c19-18(20,21)11-4-3-5-12(10-11)24-15(25)13-6-1-2-7-14(13)17(24,26)16-22-8-9-23-16/h1-10,26H,(H,22,23)/t17-/m0/s1. The number of aromatic nitrogens is 2. The zero-order valence-electron chi connectivity index (χ0n) is 13.2. The molecule has 0 saturated carbocycles. The van der Waals surface area contributed by atoms with E-state index in [4.69, 9.17) is 0 Å². The number of aromatic amines is 1. The topological polar surface area (TPSA) is 69.2 Å². The number of carbonyl (C=O) groups excluding carboxylic acids is 1. The van der Waals surface area contributed by atoms with Gasteiger partial charge in [-0.2, -0.15) is 13.2 Å². The van der Waals surface area contributed by atoms with Crippen molar-refractivity contribution < 1.29 is 23.1 Å². The number of hydrogen-bond acceptors (Lipinski definition) is 3. The minimum atomic E-state index is -4.57. The van der Waals surface area contributed by atoms with Crippen LogP contribution in [0.5, 0.6) is 0 Å². The van der Waals surface area contributed by atoms with Gasteiger partial charge in [0.25, 0.3) is 5.91 Å². The summed E-state index contributed by atoms with van der Waals surface area (Å²) in [4.78, 5) is 20.6. The molecule has 8 heteroatoms. The van der Waals surface area contributed by atoms with E-state index < -0.39 is 23.4 Å². The SMILES string of the molecule is O=C1c2ccccc2[C@](O)(c2ncc[nH]2)N1c1cccc(C(F)(F)F)c1. The molecule has 2 N–H and O–H groups in total. The van der Waals surface area contributed by atoms with Crippen LogP contribution in [0.2, 0.25) is 0 Å². The molecule has 0 unspecified atom stereocenters. The molecule has 3 aromatic rings. The number of halogens is 3. The molecule has 0 bridgehead atoms. The van der Waals surface area contributed by atoms with Crippen molar-refractivity contribution >= 4 is 11.6 Å². The van der Waals surface area contributed by atoms with Gasteiger partial charge in [0.2, 0.25) is 5.72 Å². The summed E-state index contributed by atoms with van der Waals surface area (Å²) in [5.41, 5.74) is -2.59. The summed E-state index contributed by atoms with van der Waals surface area (Å²) in [7, 11) is 0. The minimum Gasteiger partial charge on any atom is -0.360 e. The van der Waals surface area contributed by atoms with Crippen LogP contribution >= 0.6 is 0 Å². The Bertz CT molecular complexity index is 985. The third-order valence-corrected chi connectivity index (χ3v) is 4.32. The molecule has 0 radical (unpaired) electrons. The van der Waals surface area contributed by atoms with Crippen LogP contribution in [0, 0.1) is 0 Å². The molecule has 0 spiro atoms. The average Bonchev–Trinajstić information content (AvgIpc) is 3.22. The van der Waals surface area contributed by atoms with Gasteiger partial charge in [0.05, 0.1) is 5.56 Å². The molecule has 26 heavy (non-hydrogen) atoms. The van der Waals surface area contributed by atoms with E-state index in [1.807, 2.05) is 0 Å². The van der Waals surface area contributed by atoms with Crippen molar-refractivity contribution in [1.82, 2.24) is 9.97 Å². The fourth-order valence-corrected chi connectivity index (χ4v) is 3.18. The number of anilines is 1. The number of amides is 1. The van der Waals surface area contributed by atoms with Gasteiger partial charge in [-0.15, -0.1) is 0 Å². The highest BCUT2D eigenvalue weighted by Gasteiger charge is 2.52. The lowest BCUT2D eigenvalue weighted by atomic mass is 10.0. The van der Waals surface area contributed by atoms with E-state index in [2.05, 4.69) is 9.97 Å². The van der Waals surface area contributed by atoms with E-state index in [9.17, 15) is 23.1 Å². The van der Waals surface area contributed by atoms with Gasteiger partial charge in [0.15, 0.2) is 5.82 Å². The Morgan fingerprint density at radius 1 is 1.12 bits per heavy atom. The summed E-state index contributed by atoms with van der Waals surface area (Å²) >= 11 is 0. The summed E-state index contributed by atoms with van der Waals surface area (Å²) in [6.45, 7) is 0. The predicted molar refractivity (Wildman–Crippen MR) is 86.3 cm³/mol. The molecule has 4 rings (SSSR count). The molecule has 1 aliphatic rings. The number of nitrogens with one attached hydrogen (secondary N) is 1. The maximum Gasteiger partial charge on any atom is 0.416 e. The molecule has 5 nitrogen and oxygen atoms in total. The van der Waals surface area contributed by atoms with Gasteiger partial charge < -0.3 is 10.1 Å². The highest BCUT2D eigenvalue weighted by molar-refractivity contribution is 6.12. The largest absolute Gasteiger partial charge is 0.416 e. The number of benzene rings is 2. The Kier molecular flexibility index (Phi) is 3.42. The zero-order valence-corrected chi connectivity index (χ0v) is 13.2. The first-order valence-corrected chi connectivity index (χ1v) is 7.67. The summed E-state index contributed by atoms with van der Waals surface area (Å²) in [6, 6.07) is 10.6. The highest BCUT2D eigenvalue weighted by atomic mass is 19.4. The molecule has 2 aromatic carbocycles. The fraction of sp³-hybridized carbons (Fsp3) is 0.111. The van der Waals surface area contributed by atoms with E-state index in [-0.39, 0.29) is 22.6 Å². The van der Waals surface area contributed by atoms with Crippen molar-refractivity contribution in [3.63, 3.8) is 0 Å². The molecular weight excluding hydrogens is 347 g/mol. The lowest BCUT2D eigenvalue weighted by Crippen LogP contribution is -2.46. The Labute approximate surface area is 145 Å². The van der Waals surface area contributed by atoms with Gasteiger partial charge >= 0.3 is 6.18 Å². The summed E-state index contributed by atoms with van der Waals surface area (Å²) in [5.74, 6) is -0.577. The van der Waals surface area contributed by atoms with Gasteiger partial charge in [-0.25, -0.2) is 4.98 Å². The van der Waals surface area contributed by atoms with Gasteiger partial charge in [0, 0.05) is 29.2 Å². The maximum absolute atomic E-state index is 13.1. The summed E-state index contributed by atoms with van der Waals surface area (Å²) in [6.07, 6.45) is -1.72. The lowest BCUT2D eigenvalue weighted by Gasteiger charge is -2.32. The number of aliphatic hydroxyl groups is 1. The van der Waals surface area contributed by atoms with Crippen LogP contribution in [-0.4, -0.2) is 21.0 Å². The second kappa shape index (κ2) is 5.43. The quantitative estimate of drug-likeness (QED) is 0.738. The number of alkyl halides is 3. The number of carbonyl (C=O) groups is 1. The Hall–Kier alpha value is -3.13. The number of fused-ring (bicyclic) bond motifs is 1. The molecule has 1 aromatic heterocycles. The number of rotatable bonds is 2. The monoisotopic (exact) mass is 359 g/mol. The average molecular weight is 359 g/mol. The van der Waals surface area contributed by atoms with E-state index >= 15 is 0 Å². The summed E-state index contributed by atoms with van der Waals surface area (Å²) < 4.78 is 39.3. The van der Waals surface area contributed by atoms with Crippen molar-refractivity contribution in [2.75, 3.05) is 4.90 Å². The second-order valence-electron chi connectivity index (χ2n) is 5.84. The molecule has 1 aliphatic heterocycles. The molecule has 1 atom stereocenters. The van der Waals surface area contributed by atoms with E-state index in [0.29, 0.717) is 0 Å². The molecule has 2 heterocycles. The Balaban J connectivity index is 1.95. The van der Waals surface area contributed by atoms with Gasteiger partial charge in [-0.1, -0.05) is 24.3 Å². The number of imidazole rings is 1. The van der Waals surface area contributed by atoms with Gasteiger partial charge in [-0.3, -0.25) is 9.69 Å².